The van der Waals surface area contributed by atoms with Gasteiger partial charge in [-0.1, -0.05) is 0 Å². The Kier molecular flexibility index (Phi) is 4.70. The van der Waals surface area contributed by atoms with Gasteiger partial charge >= 0.3 is 6.18 Å². The molecule has 0 fully saturated rings. The molecule has 90 valence electrons. The molecule has 0 bridgehead atoms. The van der Waals surface area contributed by atoms with Crippen LogP contribution in [0.2, 0.25) is 0 Å². The maximum absolute atomic E-state index is 11.8. The average Bonchev–Trinajstić information content (AvgIpc) is 2.17. The average molecular weight is 234 g/mol. The van der Waals surface area contributed by atoms with Crippen molar-refractivity contribution in [3.63, 3.8) is 0 Å². The number of nitrogens with zero attached hydrogens (tertiary/aromatic N) is 1. The Balaban J connectivity index is 2.24. The normalized spacial score (nSPS) is 13.8. The van der Waals surface area contributed by atoms with Crippen molar-refractivity contribution in [2.75, 3.05) is 13.2 Å². The summed E-state index contributed by atoms with van der Waals surface area (Å²) in [5, 5.41) is 0. The number of hydrogen-bond acceptors (Lipinski definition) is 3. The highest BCUT2D eigenvalue weighted by Gasteiger charge is 2.27. The van der Waals surface area contributed by atoms with E-state index in [0.717, 1.165) is 5.56 Å². The van der Waals surface area contributed by atoms with Crippen LogP contribution in [0.1, 0.15) is 5.56 Å². The molecule has 3 nitrogen and oxygen atoms in total. The largest absolute Gasteiger partial charge is 0.411 e. The third-order valence-corrected chi connectivity index (χ3v) is 1.84. The predicted molar refractivity (Wildman–Crippen MR) is 52.8 cm³/mol. The van der Waals surface area contributed by atoms with Gasteiger partial charge in [-0.05, 0) is 24.1 Å². The summed E-state index contributed by atoms with van der Waals surface area (Å²) in [6, 6.07) is 3.09. The van der Waals surface area contributed by atoms with Gasteiger partial charge in [0.25, 0.3) is 0 Å². The molecule has 2 N–H and O–H groups in total. The van der Waals surface area contributed by atoms with E-state index in [4.69, 9.17) is 5.73 Å². The van der Waals surface area contributed by atoms with Gasteiger partial charge in [0.2, 0.25) is 0 Å². The third kappa shape index (κ3) is 5.67. The number of alkyl halides is 3. The highest BCUT2D eigenvalue weighted by molar-refractivity contribution is 5.11. The predicted octanol–water partition coefficient (Wildman–Crippen LogP) is 1.53. The van der Waals surface area contributed by atoms with Crippen molar-refractivity contribution in [3.8, 4) is 0 Å². The van der Waals surface area contributed by atoms with E-state index < -0.39 is 18.8 Å². The maximum Gasteiger partial charge on any atom is 0.411 e. The minimum absolute atomic E-state index is 0.109. The summed E-state index contributed by atoms with van der Waals surface area (Å²) in [5.41, 5.74) is 6.55. The molecule has 1 rings (SSSR count). The molecular formula is C10H13F3N2O. The Morgan fingerprint density at radius 3 is 2.50 bits per heavy atom. The minimum atomic E-state index is -4.30. The molecule has 16 heavy (non-hydrogen) atoms. The van der Waals surface area contributed by atoms with Crippen LogP contribution in [0, 0.1) is 0 Å². The van der Waals surface area contributed by atoms with Crippen LogP contribution in [0.25, 0.3) is 0 Å². The smallest absolute Gasteiger partial charge is 0.370 e. The quantitative estimate of drug-likeness (QED) is 0.840. The van der Waals surface area contributed by atoms with Crippen molar-refractivity contribution in [2.45, 2.75) is 18.6 Å². The van der Waals surface area contributed by atoms with Gasteiger partial charge in [-0.15, -0.1) is 0 Å². The van der Waals surface area contributed by atoms with E-state index in [1.807, 2.05) is 0 Å². The summed E-state index contributed by atoms with van der Waals surface area (Å²) >= 11 is 0. The summed E-state index contributed by atoms with van der Waals surface area (Å²) in [6.45, 7) is -1.36. The van der Waals surface area contributed by atoms with Crippen LogP contribution in [-0.2, 0) is 11.2 Å². The second-order valence-corrected chi connectivity index (χ2v) is 3.45. The number of hydrogen-bond donors (Lipinski definition) is 1. The Labute approximate surface area is 91.4 Å². The number of pyridine rings is 1. The standard InChI is InChI=1S/C10H13F3N2O/c11-10(12,13)7-16-6-9(14)5-8-1-3-15-4-2-8/h1-4,9H,5-7,14H2. The lowest BCUT2D eigenvalue weighted by Crippen LogP contribution is -2.31. The molecule has 0 radical (unpaired) electrons. The van der Waals surface area contributed by atoms with Gasteiger partial charge in [0, 0.05) is 18.4 Å². The summed E-state index contributed by atoms with van der Waals surface area (Å²) < 4.78 is 39.7. The van der Waals surface area contributed by atoms with Gasteiger partial charge in [-0.25, -0.2) is 0 Å². The fraction of sp³-hybridized carbons (Fsp3) is 0.500. The Bertz CT molecular complexity index is 303. The molecule has 6 heteroatoms. The highest BCUT2D eigenvalue weighted by atomic mass is 19.4. The van der Waals surface area contributed by atoms with Crippen LogP contribution in [0.3, 0.4) is 0 Å². The molecule has 1 heterocycles. The number of aromatic nitrogens is 1. The van der Waals surface area contributed by atoms with Gasteiger partial charge < -0.3 is 10.5 Å². The second kappa shape index (κ2) is 5.81. The number of ether oxygens (including phenoxy) is 1. The zero-order valence-corrected chi connectivity index (χ0v) is 8.57. The SMILES string of the molecule is NC(COCC(F)(F)F)Cc1ccncc1. The highest BCUT2D eigenvalue weighted by Crippen LogP contribution is 2.14. The first-order valence-corrected chi connectivity index (χ1v) is 4.76. The van der Waals surface area contributed by atoms with Gasteiger partial charge in [0.1, 0.15) is 6.61 Å². The maximum atomic E-state index is 11.8. The van der Waals surface area contributed by atoms with Gasteiger partial charge in [-0.2, -0.15) is 13.2 Å². The third-order valence-electron chi connectivity index (χ3n) is 1.84. The molecule has 0 aliphatic heterocycles. The van der Waals surface area contributed by atoms with E-state index in [-0.39, 0.29) is 6.61 Å². The molecule has 0 aliphatic carbocycles. The molecule has 0 saturated carbocycles. The zero-order chi connectivity index (χ0) is 12.0. The van der Waals surface area contributed by atoms with Gasteiger partial charge in [0.05, 0.1) is 6.61 Å². The number of rotatable bonds is 5. The fourth-order valence-corrected chi connectivity index (χ4v) is 1.21. The number of halogens is 3. The van der Waals surface area contributed by atoms with E-state index in [0.29, 0.717) is 6.42 Å². The molecule has 0 saturated heterocycles. The van der Waals surface area contributed by atoms with Crippen LogP contribution >= 0.6 is 0 Å². The van der Waals surface area contributed by atoms with Gasteiger partial charge in [0.15, 0.2) is 0 Å². The van der Waals surface area contributed by atoms with Crippen molar-refractivity contribution < 1.29 is 17.9 Å². The first-order chi connectivity index (χ1) is 7.47. The second-order valence-electron chi connectivity index (χ2n) is 3.45. The summed E-state index contributed by atoms with van der Waals surface area (Å²) in [4.78, 5) is 3.83. The molecule has 0 amide bonds. The minimum Gasteiger partial charge on any atom is -0.370 e. The zero-order valence-electron chi connectivity index (χ0n) is 8.57. The van der Waals surface area contributed by atoms with Crippen molar-refractivity contribution in [2.24, 2.45) is 5.73 Å². The summed E-state index contributed by atoms with van der Waals surface area (Å²) in [6.07, 6.45) is -0.603. The van der Waals surface area contributed by atoms with Crippen LogP contribution in [0.5, 0.6) is 0 Å². The lowest BCUT2D eigenvalue weighted by atomic mass is 10.1. The summed E-state index contributed by atoms with van der Waals surface area (Å²) in [7, 11) is 0. The fourth-order valence-electron chi connectivity index (χ4n) is 1.21. The lowest BCUT2D eigenvalue weighted by Gasteiger charge is -2.13. The molecule has 1 atom stereocenters. The first-order valence-electron chi connectivity index (χ1n) is 4.76. The monoisotopic (exact) mass is 234 g/mol. The van der Waals surface area contributed by atoms with E-state index in [9.17, 15) is 13.2 Å². The van der Waals surface area contributed by atoms with E-state index in [1.165, 1.54) is 0 Å². The molecule has 1 aromatic rings. The van der Waals surface area contributed by atoms with E-state index in [1.54, 1.807) is 24.5 Å². The first kappa shape index (κ1) is 12.9. The molecule has 0 aliphatic rings. The Hall–Kier alpha value is -1.14. The number of nitrogens with two attached hydrogens (primary N) is 1. The molecule has 1 aromatic heterocycles. The Morgan fingerprint density at radius 1 is 1.31 bits per heavy atom. The Morgan fingerprint density at radius 2 is 1.94 bits per heavy atom. The van der Waals surface area contributed by atoms with E-state index in [2.05, 4.69) is 9.72 Å². The van der Waals surface area contributed by atoms with Crippen LogP contribution < -0.4 is 5.73 Å². The van der Waals surface area contributed by atoms with Crippen molar-refractivity contribution >= 4 is 0 Å². The van der Waals surface area contributed by atoms with E-state index >= 15 is 0 Å². The van der Waals surface area contributed by atoms with Gasteiger partial charge in [-0.3, -0.25) is 4.98 Å². The topological polar surface area (TPSA) is 48.1 Å². The van der Waals surface area contributed by atoms with Crippen LogP contribution in [-0.4, -0.2) is 30.4 Å². The van der Waals surface area contributed by atoms with Crippen molar-refractivity contribution in [1.29, 1.82) is 0 Å². The molecule has 1 unspecified atom stereocenters. The van der Waals surface area contributed by atoms with Crippen molar-refractivity contribution in [3.05, 3.63) is 30.1 Å². The lowest BCUT2D eigenvalue weighted by molar-refractivity contribution is -0.174. The van der Waals surface area contributed by atoms with Crippen LogP contribution in [0.15, 0.2) is 24.5 Å². The van der Waals surface area contributed by atoms with Crippen LogP contribution in [0.4, 0.5) is 13.2 Å². The summed E-state index contributed by atoms with van der Waals surface area (Å²) in [5.74, 6) is 0. The molecule has 0 spiro atoms. The molecule has 0 aromatic carbocycles. The van der Waals surface area contributed by atoms with Crippen molar-refractivity contribution in [1.82, 2.24) is 4.98 Å². The molecular weight excluding hydrogens is 221 g/mol.